The van der Waals surface area contributed by atoms with E-state index in [4.69, 9.17) is 5.11 Å². The molecule has 2 amide bonds. The number of carbonyl (C=O) groups excluding carboxylic acids is 2. The zero-order valence-electron chi connectivity index (χ0n) is 14.7. The highest BCUT2D eigenvalue weighted by Gasteiger charge is 2.28. The van der Waals surface area contributed by atoms with Gasteiger partial charge in [-0.2, -0.15) is 0 Å². The molecule has 26 heavy (non-hydrogen) atoms. The van der Waals surface area contributed by atoms with Gasteiger partial charge in [0, 0.05) is 31.6 Å². The van der Waals surface area contributed by atoms with Gasteiger partial charge in [0.25, 0.3) is 5.91 Å². The van der Waals surface area contributed by atoms with Crippen molar-refractivity contribution < 1.29 is 23.9 Å². The molecule has 0 bridgehead atoms. The summed E-state index contributed by atoms with van der Waals surface area (Å²) in [5.74, 6) is -1.69. The summed E-state index contributed by atoms with van der Waals surface area (Å²) in [4.78, 5) is 36.9. The van der Waals surface area contributed by atoms with E-state index in [1.165, 1.54) is 24.3 Å². The maximum Gasteiger partial charge on any atom is 0.303 e. The van der Waals surface area contributed by atoms with Gasteiger partial charge in [0.05, 0.1) is 5.92 Å². The van der Waals surface area contributed by atoms with Crippen molar-refractivity contribution in [1.82, 2.24) is 10.2 Å². The zero-order chi connectivity index (χ0) is 18.9. The number of hydrogen-bond acceptors (Lipinski definition) is 3. The standard InChI is InChI=1S/C19H25FN2O4/c20-16-9-7-14(8-10-16)19(26)22-12-4-5-15(13-22)18(25)21-11-3-1-2-6-17(23)24/h7-10,15H,1-6,11-13H2,(H,21,25)(H,23,24). The van der Waals surface area contributed by atoms with E-state index in [1.807, 2.05) is 0 Å². The van der Waals surface area contributed by atoms with E-state index in [9.17, 15) is 18.8 Å². The van der Waals surface area contributed by atoms with Crippen LogP contribution in [-0.4, -0.2) is 47.4 Å². The summed E-state index contributed by atoms with van der Waals surface area (Å²) < 4.78 is 13.0. The van der Waals surface area contributed by atoms with Crippen LogP contribution in [-0.2, 0) is 9.59 Å². The van der Waals surface area contributed by atoms with Gasteiger partial charge >= 0.3 is 5.97 Å². The Bertz CT molecular complexity index is 633. The SMILES string of the molecule is O=C(O)CCCCCNC(=O)C1CCCN(C(=O)c2ccc(F)cc2)C1. The molecule has 0 aliphatic carbocycles. The van der Waals surface area contributed by atoms with E-state index in [1.54, 1.807) is 4.90 Å². The Morgan fingerprint density at radius 2 is 1.88 bits per heavy atom. The van der Waals surface area contributed by atoms with Crippen LogP contribution < -0.4 is 5.32 Å². The summed E-state index contributed by atoms with van der Waals surface area (Å²) in [6, 6.07) is 5.43. The molecule has 1 aromatic rings. The number of likely N-dealkylation sites (tertiary alicyclic amines) is 1. The van der Waals surface area contributed by atoms with Crippen LogP contribution in [0.25, 0.3) is 0 Å². The first kappa shape index (κ1) is 19.9. The molecule has 1 aromatic carbocycles. The van der Waals surface area contributed by atoms with Gasteiger partial charge in [-0.1, -0.05) is 6.42 Å². The first-order chi connectivity index (χ1) is 12.5. The zero-order valence-corrected chi connectivity index (χ0v) is 14.7. The summed E-state index contributed by atoms with van der Waals surface area (Å²) in [5.41, 5.74) is 0.422. The topological polar surface area (TPSA) is 86.7 Å². The maximum atomic E-state index is 13.0. The molecule has 2 rings (SSSR count). The Kier molecular flexibility index (Phi) is 7.56. The van der Waals surface area contributed by atoms with Crippen LogP contribution in [0.1, 0.15) is 48.9 Å². The number of carboxylic acids is 1. The Labute approximate surface area is 152 Å². The van der Waals surface area contributed by atoms with E-state index in [2.05, 4.69) is 5.32 Å². The molecular weight excluding hydrogens is 339 g/mol. The molecule has 0 saturated carbocycles. The molecule has 1 saturated heterocycles. The molecule has 142 valence electrons. The summed E-state index contributed by atoms with van der Waals surface area (Å²) in [6.07, 6.45) is 3.74. The highest BCUT2D eigenvalue weighted by Crippen LogP contribution is 2.19. The average molecular weight is 364 g/mol. The molecule has 1 unspecified atom stereocenters. The molecule has 2 N–H and O–H groups in total. The van der Waals surface area contributed by atoms with E-state index < -0.39 is 5.97 Å². The van der Waals surface area contributed by atoms with Crippen molar-refractivity contribution in [2.75, 3.05) is 19.6 Å². The third-order valence-corrected chi connectivity index (χ3v) is 4.54. The van der Waals surface area contributed by atoms with Crippen molar-refractivity contribution in [3.63, 3.8) is 0 Å². The van der Waals surface area contributed by atoms with Crippen LogP contribution in [0.2, 0.25) is 0 Å². The lowest BCUT2D eigenvalue weighted by Gasteiger charge is -2.32. The molecule has 1 fully saturated rings. The van der Waals surface area contributed by atoms with Crippen LogP contribution in [0.4, 0.5) is 4.39 Å². The minimum Gasteiger partial charge on any atom is -0.481 e. The van der Waals surface area contributed by atoms with Crippen LogP contribution >= 0.6 is 0 Å². The molecule has 1 aliphatic heterocycles. The Balaban J connectivity index is 1.76. The van der Waals surface area contributed by atoms with Crippen molar-refractivity contribution in [3.05, 3.63) is 35.6 Å². The summed E-state index contributed by atoms with van der Waals surface area (Å²) in [6.45, 7) is 1.47. The number of aliphatic carboxylic acids is 1. The molecule has 0 spiro atoms. The average Bonchev–Trinajstić information content (AvgIpc) is 2.64. The lowest BCUT2D eigenvalue weighted by atomic mass is 9.96. The summed E-state index contributed by atoms with van der Waals surface area (Å²) in [7, 11) is 0. The smallest absolute Gasteiger partial charge is 0.303 e. The third-order valence-electron chi connectivity index (χ3n) is 4.54. The van der Waals surface area contributed by atoms with Crippen LogP contribution in [0.15, 0.2) is 24.3 Å². The van der Waals surface area contributed by atoms with E-state index in [0.29, 0.717) is 31.6 Å². The fourth-order valence-electron chi connectivity index (χ4n) is 3.08. The van der Waals surface area contributed by atoms with E-state index >= 15 is 0 Å². The van der Waals surface area contributed by atoms with Gasteiger partial charge in [0.1, 0.15) is 5.82 Å². The normalized spacial score (nSPS) is 17.0. The molecule has 1 aliphatic rings. The van der Waals surface area contributed by atoms with Gasteiger partial charge in [-0.15, -0.1) is 0 Å². The summed E-state index contributed by atoms with van der Waals surface area (Å²) in [5, 5.41) is 11.4. The van der Waals surface area contributed by atoms with Crippen molar-refractivity contribution in [2.24, 2.45) is 5.92 Å². The quantitative estimate of drug-likeness (QED) is 0.694. The van der Waals surface area contributed by atoms with Crippen LogP contribution in [0.3, 0.4) is 0 Å². The Morgan fingerprint density at radius 3 is 2.58 bits per heavy atom. The van der Waals surface area contributed by atoms with E-state index in [0.717, 1.165) is 25.7 Å². The van der Waals surface area contributed by atoms with Gasteiger partial charge in [-0.05, 0) is 49.9 Å². The Hall–Kier alpha value is -2.44. The molecule has 0 aromatic heterocycles. The number of carboxylic acid groups (broad SMARTS) is 1. The Morgan fingerprint density at radius 1 is 1.15 bits per heavy atom. The van der Waals surface area contributed by atoms with Gasteiger partial charge in [-0.3, -0.25) is 14.4 Å². The second-order valence-electron chi connectivity index (χ2n) is 6.59. The molecule has 1 heterocycles. The first-order valence-electron chi connectivity index (χ1n) is 9.01. The van der Waals surface area contributed by atoms with Gasteiger partial charge in [0.2, 0.25) is 5.91 Å². The summed E-state index contributed by atoms with van der Waals surface area (Å²) >= 11 is 0. The molecule has 6 nitrogen and oxygen atoms in total. The van der Waals surface area contributed by atoms with Gasteiger partial charge in [-0.25, -0.2) is 4.39 Å². The second kappa shape index (κ2) is 9.89. The predicted octanol–water partition coefficient (Wildman–Crippen LogP) is 2.44. The third kappa shape index (κ3) is 6.13. The number of piperidine rings is 1. The number of benzene rings is 1. The predicted molar refractivity (Wildman–Crippen MR) is 94.1 cm³/mol. The van der Waals surface area contributed by atoms with Crippen molar-refractivity contribution >= 4 is 17.8 Å². The molecule has 7 heteroatoms. The molecule has 0 radical (unpaired) electrons. The minimum atomic E-state index is -0.804. The number of carbonyl (C=O) groups is 3. The van der Waals surface area contributed by atoms with Gasteiger partial charge in [0.15, 0.2) is 0 Å². The molecular formula is C19H25FN2O4. The lowest BCUT2D eigenvalue weighted by molar-refractivity contribution is -0.137. The number of unbranched alkanes of at least 4 members (excludes halogenated alkanes) is 2. The van der Waals surface area contributed by atoms with Crippen molar-refractivity contribution in [1.29, 1.82) is 0 Å². The largest absolute Gasteiger partial charge is 0.481 e. The highest BCUT2D eigenvalue weighted by molar-refractivity contribution is 5.94. The fraction of sp³-hybridized carbons (Fsp3) is 0.526. The van der Waals surface area contributed by atoms with Crippen LogP contribution in [0, 0.1) is 11.7 Å². The first-order valence-corrected chi connectivity index (χ1v) is 9.01. The van der Waals surface area contributed by atoms with Crippen LogP contribution in [0.5, 0.6) is 0 Å². The van der Waals surface area contributed by atoms with Crippen molar-refractivity contribution in [3.8, 4) is 0 Å². The number of nitrogens with zero attached hydrogens (tertiary/aromatic N) is 1. The second-order valence-corrected chi connectivity index (χ2v) is 6.59. The van der Waals surface area contributed by atoms with Crippen molar-refractivity contribution in [2.45, 2.75) is 38.5 Å². The van der Waals surface area contributed by atoms with Gasteiger partial charge < -0.3 is 15.3 Å². The van der Waals surface area contributed by atoms with E-state index in [-0.39, 0.29) is 30.0 Å². The highest BCUT2D eigenvalue weighted by atomic mass is 19.1. The monoisotopic (exact) mass is 364 g/mol. The number of hydrogen-bond donors (Lipinski definition) is 2. The number of nitrogens with one attached hydrogen (secondary N) is 1. The lowest BCUT2D eigenvalue weighted by Crippen LogP contribution is -2.45. The number of amides is 2. The number of rotatable bonds is 8. The fourth-order valence-corrected chi connectivity index (χ4v) is 3.08. The minimum absolute atomic E-state index is 0.0696. The maximum absolute atomic E-state index is 13.0. The number of halogens is 1. The molecule has 1 atom stereocenters.